The fourth-order valence-electron chi connectivity index (χ4n) is 2.48. The highest BCUT2D eigenvalue weighted by Gasteiger charge is 2.19. The van der Waals surface area contributed by atoms with Gasteiger partial charge >= 0.3 is 0 Å². The third-order valence-corrected chi connectivity index (χ3v) is 3.56. The molecule has 0 saturated heterocycles. The highest BCUT2D eigenvalue weighted by molar-refractivity contribution is 5.29. The van der Waals surface area contributed by atoms with Crippen LogP contribution in [0.2, 0.25) is 0 Å². The Morgan fingerprint density at radius 1 is 1.25 bits per heavy atom. The summed E-state index contributed by atoms with van der Waals surface area (Å²) in [5.74, 6) is 1.12. The summed E-state index contributed by atoms with van der Waals surface area (Å²) < 4.78 is 7.45. The molecule has 0 spiro atoms. The van der Waals surface area contributed by atoms with Crippen LogP contribution in [0.25, 0.3) is 0 Å². The number of benzene rings is 1. The van der Waals surface area contributed by atoms with Gasteiger partial charge in [-0.2, -0.15) is 5.10 Å². The topological polar surface area (TPSA) is 53.1 Å². The molecular weight excluding hydrogens is 250 g/mol. The highest BCUT2D eigenvalue weighted by Crippen LogP contribution is 2.27. The van der Waals surface area contributed by atoms with E-state index in [4.69, 9.17) is 10.5 Å². The molecule has 108 valence electrons. The third kappa shape index (κ3) is 3.02. The molecule has 0 saturated carbocycles. The molecule has 20 heavy (non-hydrogen) atoms. The minimum Gasteiger partial charge on any atom is -0.493 e. The van der Waals surface area contributed by atoms with Gasteiger partial charge in [0.05, 0.1) is 19.0 Å². The van der Waals surface area contributed by atoms with Gasteiger partial charge in [0.15, 0.2) is 5.75 Å². The monoisotopic (exact) mass is 273 g/mol. The second kappa shape index (κ2) is 6.57. The molecule has 1 atom stereocenters. The summed E-state index contributed by atoms with van der Waals surface area (Å²) in [5.41, 5.74) is 8.34. The van der Waals surface area contributed by atoms with E-state index in [9.17, 15) is 0 Å². The SMILES string of the molecule is COc1cnn(C(C)C)c1CC(CN)c1ccccc1. The standard InChI is InChI=1S/C16H23N3O/c1-12(2)19-15(16(20-3)11-18-19)9-14(10-17)13-7-5-4-6-8-13/h4-8,11-12,14H,9-10,17H2,1-3H3. The number of ether oxygens (including phenoxy) is 1. The Morgan fingerprint density at radius 2 is 1.95 bits per heavy atom. The molecule has 0 aliphatic rings. The molecule has 0 bridgehead atoms. The Morgan fingerprint density at radius 3 is 2.50 bits per heavy atom. The fraction of sp³-hybridized carbons (Fsp3) is 0.438. The van der Waals surface area contributed by atoms with Gasteiger partial charge in [-0.3, -0.25) is 4.68 Å². The number of nitrogens with zero attached hydrogens (tertiary/aromatic N) is 2. The first-order valence-corrected chi connectivity index (χ1v) is 7.02. The normalized spacial score (nSPS) is 12.7. The van der Waals surface area contributed by atoms with E-state index in [2.05, 4.69) is 43.2 Å². The second-order valence-electron chi connectivity index (χ2n) is 5.25. The number of rotatable bonds is 6. The molecule has 1 unspecified atom stereocenters. The fourth-order valence-corrected chi connectivity index (χ4v) is 2.48. The van der Waals surface area contributed by atoms with Crippen LogP contribution in [0.15, 0.2) is 36.5 Å². The smallest absolute Gasteiger partial charge is 0.159 e. The number of hydrogen-bond donors (Lipinski definition) is 1. The van der Waals surface area contributed by atoms with Crippen LogP contribution in [0.3, 0.4) is 0 Å². The predicted octanol–water partition coefficient (Wildman–Crippen LogP) is 2.76. The first-order chi connectivity index (χ1) is 9.67. The van der Waals surface area contributed by atoms with Crippen LogP contribution < -0.4 is 10.5 Å². The summed E-state index contributed by atoms with van der Waals surface area (Å²) in [7, 11) is 1.69. The van der Waals surface area contributed by atoms with E-state index < -0.39 is 0 Å². The highest BCUT2D eigenvalue weighted by atomic mass is 16.5. The zero-order chi connectivity index (χ0) is 14.5. The summed E-state index contributed by atoms with van der Waals surface area (Å²) in [4.78, 5) is 0. The van der Waals surface area contributed by atoms with Crippen molar-refractivity contribution in [3.8, 4) is 5.75 Å². The molecule has 2 aromatic rings. The summed E-state index contributed by atoms with van der Waals surface area (Å²) >= 11 is 0. The molecule has 1 aromatic carbocycles. The molecule has 4 nitrogen and oxygen atoms in total. The van der Waals surface area contributed by atoms with Gasteiger partial charge in [0.25, 0.3) is 0 Å². The van der Waals surface area contributed by atoms with E-state index in [1.807, 2.05) is 10.7 Å². The van der Waals surface area contributed by atoms with E-state index in [0.29, 0.717) is 12.6 Å². The number of aromatic nitrogens is 2. The average Bonchev–Trinajstić information content (AvgIpc) is 2.88. The molecule has 0 radical (unpaired) electrons. The van der Waals surface area contributed by atoms with Crippen LogP contribution in [-0.4, -0.2) is 23.4 Å². The number of hydrogen-bond acceptors (Lipinski definition) is 3. The zero-order valence-corrected chi connectivity index (χ0v) is 12.4. The Labute approximate surface area is 120 Å². The lowest BCUT2D eigenvalue weighted by Crippen LogP contribution is -2.18. The van der Waals surface area contributed by atoms with Crippen molar-refractivity contribution in [2.24, 2.45) is 5.73 Å². The Kier molecular flexibility index (Phi) is 4.79. The van der Waals surface area contributed by atoms with E-state index in [1.165, 1.54) is 5.56 Å². The van der Waals surface area contributed by atoms with Gasteiger partial charge in [0.1, 0.15) is 0 Å². The van der Waals surface area contributed by atoms with Crippen molar-refractivity contribution in [1.82, 2.24) is 9.78 Å². The van der Waals surface area contributed by atoms with Crippen LogP contribution in [0.4, 0.5) is 0 Å². The molecule has 2 rings (SSSR count). The van der Waals surface area contributed by atoms with Crippen molar-refractivity contribution < 1.29 is 4.74 Å². The molecular formula is C16H23N3O. The summed E-state index contributed by atoms with van der Waals surface area (Å²) in [6, 6.07) is 10.7. The largest absolute Gasteiger partial charge is 0.493 e. The molecule has 0 fully saturated rings. The summed E-state index contributed by atoms with van der Waals surface area (Å²) in [5, 5.41) is 4.42. The van der Waals surface area contributed by atoms with Gasteiger partial charge in [-0.05, 0) is 26.0 Å². The second-order valence-corrected chi connectivity index (χ2v) is 5.25. The van der Waals surface area contributed by atoms with Crippen molar-refractivity contribution in [3.05, 3.63) is 47.8 Å². The van der Waals surface area contributed by atoms with Gasteiger partial charge in [0, 0.05) is 18.4 Å². The Hall–Kier alpha value is -1.81. The lowest BCUT2D eigenvalue weighted by molar-refractivity contribution is 0.401. The quantitative estimate of drug-likeness (QED) is 0.880. The van der Waals surface area contributed by atoms with Crippen LogP contribution >= 0.6 is 0 Å². The van der Waals surface area contributed by atoms with E-state index in [1.54, 1.807) is 13.3 Å². The van der Waals surface area contributed by atoms with E-state index in [0.717, 1.165) is 17.9 Å². The van der Waals surface area contributed by atoms with E-state index >= 15 is 0 Å². The van der Waals surface area contributed by atoms with Gasteiger partial charge < -0.3 is 10.5 Å². The van der Waals surface area contributed by atoms with Gasteiger partial charge in [0.2, 0.25) is 0 Å². The first kappa shape index (κ1) is 14.6. The molecule has 0 aliphatic heterocycles. The maximum Gasteiger partial charge on any atom is 0.159 e. The minimum atomic E-state index is 0.277. The van der Waals surface area contributed by atoms with Crippen molar-refractivity contribution in [2.45, 2.75) is 32.2 Å². The van der Waals surface area contributed by atoms with E-state index in [-0.39, 0.29) is 5.92 Å². The third-order valence-electron chi connectivity index (χ3n) is 3.56. The van der Waals surface area contributed by atoms with Crippen molar-refractivity contribution in [1.29, 1.82) is 0 Å². The van der Waals surface area contributed by atoms with Gasteiger partial charge in [-0.15, -0.1) is 0 Å². The van der Waals surface area contributed by atoms with Gasteiger partial charge in [-0.1, -0.05) is 30.3 Å². The predicted molar refractivity (Wildman–Crippen MR) is 81.1 cm³/mol. The molecule has 4 heteroatoms. The average molecular weight is 273 g/mol. The molecule has 0 aliphatic carbocycles. The van der Waals surface area contributed by atoms with Crippen molar-refractivity contribution in [2.75, 3.05) is 13.7 Å². The maximum atomic E-state index is 5.97. The molecule has 0 amide bonds. The van der Waals surface area contributed by atoms with Gasteiger partial charge in [-0.25, -0.2) is 0 Å². The van der Waals surface area contributed by atoms with Crippen molar-refractivity contribution >= 4 is 0 Å². The lowest BCUT2D eigenvalue weighted by atomic mass is 9.94. The van der Waals surface area contributed by atoms with Crippen LogP contribution in [-0.2, 0) is 6.42 Å². The first-order valence-electron chi connectivity index (χ1n) is 7.02. The minimum absolute atomic E-state index is 0.277. The van der Waals surface area contributed by atoms with Crippen LogP contribution in [0.5, 0.6) is 5.75 Å². The Bertz CT molecular complexity index is 534. The van der Waals surface area contributed by atoms with Crippen LogP contribution in [0, 0.1) is 0 Å². The molecule has 1 aromatic heterocycles. The number of nitrogens with two attached hydrogens (primary N) is 1. The van der Waals surface area contributed by atoms with Crippen LogP contribution in [0.1, 0.15) is 37.1 Å². The maximum absolute atomic E-state index is 5.97. The molecule has 2 N–H and O–H groups in total. The summed E-state index contributed by atoms with van der Waals surface area (Å²) in [6.07, 6.45) is 2.62. The number of methoxy groups -OCH3 is 1. The Balaban J connectivity index is 2.30. The lowest BCUT2D eigenvalue weighted by Gasteiger charge is -2.18. The summed E-state index contributed by atoms with van der Waals surface area (Å²) in [6.45, 7) is 4.85. The molecule has 1 heterocycles. The zero-order valence-electron chi connectivity index (χ0n) is 12.4. The van der Waals surface area contributed by atoms with Crippen molar-refractivity contribution in [3.63, 3.8) is 0 Å².